The molecule has 3 rings (SSSR count). The third-order valence-corrected chi connectivity index (χ3v) is 4.46. The minimum Gasteiger partial charge on any atom is -0.331 e. The molecule has 0 aliphatic carbocycles. The second-order valence-corrected chi connectivity index (χ2v) is 6.18. The van der Waals surface area contributed by atoms with Crippen LogP contribution in [0.15, 0.2) is 36.7 Å². The smallest absolute Gasteiger partial charge is 0.231 e. The number of imidazole rings is 1. The first-order valence-corrected chi connectivity index (χ1v) is 8.45. The Morgan fingerprint density at radius 3 is 2.84 bits per heavy atom. The first-order valence-electron chi connectivity index (χ1n) is 8.45. The van der Waals surface area contributed by atoms with Crippen molar-refractivity contribution in [3.05, 3.63) is 53.6 Å². The lowest BCUT2D eigenvalue weighted by molar-refractivity contribution is -0.117. The number of nitrogens with zero attached hydrogens (tertiary/aromatic N) is 3. The Morgan fingerprint density at radius 1 is 1.36 bits per heavy atom. The number of benzene rings is 1. The largest absolute Gasteiger partial charge is 0.331 e. The van der Waals surface area contributed by atoms with Crippen LogP contribution in [0.5, 0.6) is 0 Å². The number of H-pyrrole nitrogens is 1. The summed E-state index contributed by atoms with van der Waals surface area (Å²) in [5, 5.41) is 10.1. The van der Waals surface area contributed by atoms with Crippen LogP contribution < -0.4 is 5.32 Å². The third kappa shape index (κ3) is 3.33. The number of carbonyl (C=O) groups excluding carboxylic acids is 1. The summed E-state index contributed by atoms with van der Waals surface area (Å²) in [5.41, 5.74) is 4.49. The van der Waals surface area contributed by atoms with E-state index in [2.05, 4.69) is 32.0 Å². The summed E-state index contributed by atoms with van der Waals surface area (Å²) in [5.74, 6) is 0.566. The molecule has 2 aromatic heterocycles. The summed E-state index contributed by atoms with van der Waals surface area (Å²) in [4.78, 5) is 17.1. The number of amides is 1. The molecule has 1 atom stereocenters. The second kappa shape index (κ2) is 6.93. The predicted molar refractivity (Wildman–Crippen MR) is 98.4 cm³/mol. The highest BCUT2D eigenvalue weighted by Gasteiger charge is 2.21. The summed E-state index contributed by atoms with van der Waals surface area (Å²) < 4.78 is 2.07. The Hall–Kier alpha value is -2.89. The first kappa shape index (κ1) is 17.0. The van der Waals surface area contributed by atoms with Crippen LogP contribution in [0.1, 0.15) is 36.7 Å². The molecular formula is C19H23N5O. The van der Waals surface area contributed by atoms with Crippen molar-refractivity contribution >= 4 is 11.6 Å². The quantitative estimate of drug-likeness (QED) is 0.746. The number of aryl methyl sites for hydroxylation is 3. The van der Waals surface area contributed by atoms with Crippen molar-refractivity contribution in [2.24, 2.45) is 0 Å². The monoisotopic (exact) mass is 337 g/mol. The lowest BCUT2D eigenvalue weighted by Crippen LogP contribution is -2.19. The summed E-state index contributed by atoms with van der Waals surface area (Å²) in [7, 11) is 0. The third-order valence-electron chi connectivity index (χ3n) is 4.46. The van der Waals surface area contributed by atoms with E-state index in [4.69, 9.17) is 0 Å². The summed E-state index contributed by atoms with van der Waals surface area (Å²) in [6.07, 6.45) is 3.74. The highest BCUT2D eigenvalue weighted by atomic mass is 16.1. The van der Waals surface area contributed by atoms with Gasteiger partial charge in [-0.3, -0.25) is 9.89 Å². The number of aromatic nitrogens is 4. The SMILES string of the molecule is CCn1ccnc1-c1cccc(NC(=O)[C@@H](C)c2c(C)n[nH]c2C)c1. The zero-order chi connectivity index (χ0) is 18.0. The average molecular weight is 337 g/mol. The molecule has 0 bridgehead atoms. The van der Waals surface area contributed by atoms with E-state index >= 15 is 0 Å². The van der Waals surface area contributed by atoms with Gasteiger partial charge in [-0.1, -0.05) is 12.1 Å². The van der Waals surface area contributed by atoms with Gasteiger partial charge in [0.1, 0.15) is 5.82 Å². The standard InChI is InChI=1S/C19H23N5O/c1-5-24-10-9-20-18(24)15-7-6-8-16(11-15)21-19(25)12(2)17-13(3)22-23-14(17)4/h6-12H,5H2,1-4H3,(H,21,25)(H,22,23)/t12-/m0/s1. The minimum atomic E-state index is -0.278. The summed E-state index contributed by atoms with van der Waals surface area (Å²) in [6.45, 7) is 8.67. The maximum absolute atomic E-state index is 12.7. The molecule has 6 heteroatoms. The molecular weight excluding hydrogens is 314 g/mol. The maximum atomic E-state index is 12.7. The van der Waals surface area contributed by atoms with Crippen LogP contribution in [-0.4, -0.2) is 25.7 Å². The molecule has 0 radical (unpaired) electrons. The van der Waals surface area contributed by atoms with Gasteiger partial charge in [0.25, 0.3) is 0 Å². The Balaban J connectivity index is 1.82. The summed E-state index contributed by atoms with van der Waals surface area (Å²) >= 11 is 0. The van der Waals surface area contributed by atoms with E-state index in [1.54, 1.807) is 6.20 Å². The van der Waals surface area contributed by atoms with Gasteiger partial charge < -0.3 is 9.88 Å². The van der Waals surface area contributed by atoms with E-state index < -0.39 is 0 Å². The van der Waals surface area contributed by atoms with E-state index in [1.807, 2.05) is 51.2 Å². The molecule has 0 saturated carbocycles. The van der Waals surface area contributed by atoms with Gasteiger partial charge in [0.2, 0.25) is 5.91 Å². The van der Waals surface area contributed by atoms with Crippen molar-refractivity contribution in [3.63, 3.8) is 0 Å². The molecule has 25 heavy (non-hydrogen) atoms. The van der Waals surface area contributed by atoms with Crippen molar-refractivity contribution in [1.82, 2.24) is 19.7 Å². The van der Waals surface area contributed by atoms with Gasteiger partial charge in [-0.15, -0.1) is 0 Å². The van der Waals surface area contributed by atoms with Gasteiger partial charge in [0.15, 0.2) is 0 Å². The van der Waals surface area contributed by atoms with E-state index in [9.17, 15) is 4.79 Å². The topological polar surface area (TPSA) is 75.6 Å². The number of aromatic amines is 1. The number of carbonyl (C=O) groups is 1. The Bertz CT molecular complexity index is 873. The van der Waals surface area contributed by atoms with Gasteiger partial charge >= 0.3 is 0 Å². The zero-order valence-corrected chi connectivity index (χ0v) is 15.0. The second-order valence-electron chi connectivity index (χ2n) is 6.18. The highest BCUT2D eigenvalue weighted by molar-refractivity contribution is 5.96. The number of anilines is 1. The normalized spacial score (nSPS) is 12.2. The molecule has 2 N–H and O–H groups in total. The first-order chi connectivity index (χ1) is 12.0. The minimum absolute atomic E-state index is 0.0522. The van der Waals surface area contributed by atoms with Crippen LogP contribution in [0.3, 0.4) is 0 Å². The number of rotatable bonds is 5. The fourth-order valence-corrected chi connectivity index (χ4v) is 3.14. The van der Waals surface area contributed by atoms with Gasteiger partial charge in [0.05, 0.1) is 11.6 Å². The fourth-order valence-electron chi connectivity index (χ4n) is 3.14. The van der Waals surface area contributed by atoms with Crippen molar-refractivity contribution in [3.8, 4) is 11.4 Å². The Kier molecular flexibility index (Phi) is 4.70. The van der Waals surface area contributed by atoms with Crippen molar-refractivity contribution in [1.29, 1.82) is 0 Å². The fraction of sp³-hybridized carbons (Fsp3) is 0.316. The molecule has 130 valence electrons. The molecule has 0 aliphatic rings. The van der Waals surface area contributed by atoms with Crippen molar-refractivity contribution in [2.45, 2.75) is 40.2 Å². The van der Waals surface area contributed by atoms with Crippen LogP contribution in [0, 0.1) is 13.8 Å². The molecule has 0 saturated heterocycles. The van der Waals surface area contributed by atoms with Crippen LogP contribution in [0.4, 0.5) is 5.69 Å². The van der Waals surface area contributed by atoms with Crippen molar-refractivity contribution in [2.75, 3.05) is 5.32 Å². The molecule has 0 aliphatic heterocycles. The number of nitrogens with one attached hydrogen (secondary N) is 2. The average Bonchev–Trinajstić information content (AvgIpc) is 3.21. The lowest BCUT2D eigenvalue weighted by atomic mass is 9.98. The van der Waals surface area contributed by atoms with Crippen LogP contribution in [0.25, 0.3) is 11.4 Å². The van der Waals surface area contributed by atoms with E-state index in [0.29, 0.717) is 0 Å². The molecule has 0 spiro atoms. The molecule has 0 fully saturated rings. The van der Waals surface area contributed by atoms with Crippen molar-refractivity contribution < 1.29 is 4.79 Å². The molecule has 2 heterocycles. The Labute approximate surface area is 147 Å². The van der Waals surface area contributed by atoms with E-state index in [-0.39, 0.29) is 11.8 Å². The van der Waals surface area contributed by atoms with Gasteiger partial charge in [0, 0.05) is 41.4 Å². The molecule has 6 nitrogen and oxygen atoms in total. The van der Waals surface area contributed by atoms with Gasteiger partial charge in [-0.05, 0) is 39.8 Å². The maximum Gasteiger partial charge on any atom is 0.231 e. The Morgan fingerprint density at radius 2 is 2.16 bits per heavy atom. The zero-order valence-electron chi connectivity index (χ0n) is 15.0. The van der Waals surface area contributed by atoms with Crippen LogP contribution in [0.2, 0.25) is 0 Å². The summed E-state index contributed by atoms with van der Waals surface area (Å²) in [6, 6.07) is 7.77. The molecule has 1 aromatic carbocycles. The van der Waals surface area contributed by atoms with E-state index in [0.717, 1.165) is 40.6 Å². The predicted octanol–water partition coefficient (Wildman–Crippen LogP) is 3.65. The molecule has 0 unspecified atom stereocenters. The molecule has 3 aromatic rings. The van der Waals surface area contributed by atoms with Crippen LogP contribution >= 0.6 is 0 Å². The lowest BCUT2D eigenvalue weighted by Gasteiger charge is -2.14. The molecule has 1 amide bonds. The van der Waals surface area contributed by atoms with Gasteiger partial charge in [-0.2, -0.15) is 5.10 Å². The number of hydrogen-bond acceptors (Lipinski definition) is 3. The number of hydrogen-bond donors (Lipinski definition) is 2. The van der Waals surface area contributed by atoms with Gasteiger partial charge in [-0.25, -0.2) is 4.98 Å². The van der Waals surface area contributed by atoms with E-state index in [1.165, 1.54) is 0 Å². The highest BCUT2D eigenvalue weighted by Crippen LogP contribution is 2.25. The van der Waals surface area contributed by atoms with Crippen LogP contribution in [-0.2, 0) is 11.3 Å².